The number of rotatable bonds is 3. The van der Waals surface area contributed by atoms with E-state index in [-0.39, 0.29) is 17.8 Å². The normalized spacial score (nSPS) is 16.9. The lowest BCUT2D eigenvalue weighted by atomic mass is 10.1. The molecule has 4 heteroatoms. The zero-order valence-electron chi connectivity index (χ0n) is 8.11. The first kappa shape index (κ1) is 10.3. The van der Waals surface area contributed by atoms with Crippen LogP contribution in [-0.2, 0) is 9.47 Å². The molecule has 1 saturated heterocycles. The number of ether oxygens (including phenoxy) is 2. The summed E-state index contributed by atoms with van der Waals surface area (Å²) in [4.78, 5) is 11.6. The molecule has 0 spiro atoms. The van der Waals surface area contributed by atoms with Gasteiger partial charge in [0, 0.05) is 0 Å². The van der Waals surface area contributed by atoms with Crippen molar-refractivity contribution >= 4 is 5.78 Å². The second-order valence-electron chi connectivity index (χ2n) is 3.28. The van der Waals surface area contributed by atoms with Crippen LogP contribution in [0.5, 0.6) is 0 Å². The van der Waals surface area contributed by atoms with Crippen molar-refractivity contribution in [3.8, 4) is 0 Å². The smallest absolute Gasteiger partial charge is 0.170 e. The zero-order chi connectivity index (χ0) is 10.7. The van der Waals surface area contributed by atoms with Crippen molar-refractivity contribution in [2.45, 2.75) is 12.7 Å². The summed E-state index contributed by atoms with van der Waals surface area (Å²) < 4.78 is 23.5. The monoisotopic (exact) mass is 210 g/mol. The SMILES string of the molecule is O=C(CC1OCCO1)c1ccccc1F. The summed E-state index contributed by atoms with van der Waals surface area (Å²) in [6, 6.07) is 5.91. The lowest BCUT2D eigenvalue weighted by Crippen LogP contribution is -2.15. The number of benzene rings is 1. The zero-order valence-corrected chi connectivity index (χ0v) is 8.11. The van der Waals surface area contributed by atoms with Crippen molar-refractivity contribution in [3.05, 3.63) is 35.6 Å². The first-order valence-corrected chi connectivity index (χ1v) is 4.78. The minimum atomic E-state index is -0.517. The lowest BCUT2D eigenvalue weighted by molar-refractivity contribution is -0.0408. The van der Waals surface area contributed by atoms with Crippen LogP contribution >= 0.6 is 0 Å². The van der Waals surface area contributed by atoms with Gasteiger partial charge in [-0.05, 0) is 12.1 Å². The van der Waals surface area contributed by atoms with Gasteiger partial charge in [0.05, 0.1) is 25.2 Å². The van der Waals surface area contributed by atoms with E-state index < -0.39 is 12.1 Å². The largest absolute Gasteiger partial charge is 0.350 e. The Kier molecular flexibility index (Phi) is 3.08. The van der Waals surface area contributed by atoms with Crippen LogP contribution in [0, 0.1) is 5.82 Å². The van der Waals surface area contributed by atoms with E-state index in [1.165, 1.54) is 12.1 Å². The van der Waals surface area contributed by atoms with Gasteiger partial charge in [-0.3, -0.25) is 4.79 Å². The summed E-state index contributed by atoms with van der Waals surface area (Å²) >= 11 is 0. The second kappa shape index (κ2) is 4.51. The molecular weight excluding hydrogens is 199 g/mol. The van der Waals surface area contributed by atoms with Gasteiger partial charge in [-0.15, -0.1) is 0 Å². The summed E-state index contributed by atoms with van der Waals surface area (Å²) in [5.74, 6) is -0.791. The number of carbonyl (C=O) groups is 1. The second-order valence-corrected chi connectivity index (χ2v) is 3.28. The van der Waals surface area contributed by atoms with Gasteiger partial charge < -0.3 is 9.47 Å². The predicted octanol–water partition coefficient (Wildman–Crippen LogP) is 1.77. The summed E-state index contributed by atoms with van der Waals surface area (Å²) in [5.41, 5.74) is 0.0941. The van der Waals surface area contributed by atoms with Gasteiger partial charge in [0.25, 0.3) is 0 Å². The Morgan fingerprint density at radius 3 is 2.67 bits per heavy atom. The quantitative estimate of drug-likeness (QED) is 0.713. The molecule has 2 rings (SSSR count). The molecule has 0 amide bonds. The van der Waals surface area contributed by atoms with Gasteiger partial charge in [-0.1, -0.05) is 12.1 Å². The van der Waals surface area contributed by atoms with Gasteiger partial charge in [-0.2, -0.15) is 0 Å². The van der Waals surface area contributed by atoms with Crippen molar-refractivity contribution in [3.63, 3.8) is 0 Å². The molecular formula is C11H11FO3. The average molecular weight is 210 g/mol. The van der Waals surface area contributed by atoms with E-state index in [1.54, 1.807) is 12.1 Å². The van der Waals surface area contributed by atoms with Crippen LogP contribution in [0.4, 0.5) is 4.39 Å². The molecule has 0 N–H and O–H groups in total. The lowest BCUT2D eigenvalue weighted by Gasteiger charge is -2.07. The number of hydrogen-bond donors (Lipinski definition) is 0. The van der Waals surface area contributed by atoms with E-state index in [0.29, 0.717) is 13.2 Å². The maximum atomic E-state index is 13.2. The van der Waals surface area contributed by atoms with Gasteiger partial charge >= 0.3 is 0 Å². The third-order valence-corrected chi connectivity index (χ3v) is 2.22. The molecule has 0 aromatic heterocycles. The van der Waals surface area contributed by atoms with Crippen LogP contribution in [0.3, 0.4) is 0 Å². The molecule has 0 aliphatic carbocycles. The van der Waals surface area contributed by atoms with Gasteiger partial charge in [0.15, 0.2) is 12.1 Å². The van der Waals surface area contributed by atoms with Crippen LogP contribution in [0.2, 0.25) is 0 Å². The molecule has 0 bridgehead atoms. The molecule has 1 aromatic carbocycles. The van der Waals surface area contributed by atoms with E-state index in [9.17, 15) is 9.18 Å². The highest BCUT2D eigenvalue weighted by Gasteiger charge is 2.21. The molecule has 1 aliphatic heterocycles. The molecule has 0 radical (unpaired) electrons. The van der Waals surface area contributed by atoms with Crippen LogP contribution in [0.25, 0.3) is 0 Å². The van der Waals surface area contributed by atoms with Crippen LogP contribution in [0.15, 0.2) is 24.3 Å². The Morgan fingerprint density at radius 2 is 2.00 bits per heavy atom. The van der Waals surface area contributed by atoms with Crippen LogP contribution < -0.4 is 0 Å². The number of hydrogen-bond acceptors (Lipinski definition) is 3. The number of ketones is 1. The van der Waals surface area contributed by atoms with Crippen molar-refractivity contribution in [1.82, 2.24) is 0 Å². The van der Waals surface area contributed by atoms with E-state index in [4.69, 9.17) is 9.47 Å². The molecule has 0 unspecified atom stereocenters. The summed E-state index contributed by atoms with van der Waals surface area (Å²) in [6.45, 7) is 0.991. The Hall–Kier alpha value is -1.26. The Balaban J connectivity index is 2.04. The Labute approximate surface area is 86.8 Å². The molecule has 80 valence electrons. The molecule has 1 aromatic rings. The fourth-order valence-corrected chi connectivity index (χ4v) is 1.47. The standard InChI is InChI=1S/C11H11FO3/c12-9-4-2-1-3-8(9)10(13)7-11-14-5-6-15-11/h1-4,11H,5-7H2. The van der Waals surface area contributed by atoms with Crippen LogP contribution in [-0.4, -0.2) is 25.3 Å². The van der Waals surface area contributed by atoms with E-state index in [0.717, 1.165) is 0 Å². The number of Topliss-reactive ketones (excluding diaryl/α,β-unsaturated/α-hetero) is 1. The Morgan fingerprint density at radius 1 is 1.33 bits per heavy atom. The minimum Gasteiger partial charge on any atom is -0.350 e. The van der Waals surface area contributed by atoms with E-state index >= 15 is 0 Å². The maximum Gasteiger partial charge on any atom is 0.170 e. The van der Waals surface area contributed by atoms with Crippen LogP contribution in [0.1, 0.15) is 16.8 Å². The highest BCUT2D eigenvalue weighted by atomic mass is 19.1. The third kappa shape index (κ3) is 2.40. The summed E-state index contributed by atoms with van der Waals surface area (Å²) in [7, 11) is 0. The van der Waals surface area contributed by atoms with Gasteiger partial charge in [0.2, 0.25) is 0 Å². The first-order chi connectivity index (χ1) is 7.27. The molecule has 0 saturated carbocycles. The number of halogens is 1. The maximum absolute atomic E-state index is 13.2. The van der Waals surface area contributed by atoms with Crippen molar-refractivity contribution in [1.29, 1.82) is 0 Å². The Bertz CT molecular complexity index is 359. The molecule has 1 fully saturated rings. The first-order valence-electron chi connectivity index (χ1n) is 4.78. The van der Waals surface area contributed by atoms with Crippen molar-refractivity contribution < 1.29 is 18.7 Å². The minimum absolute atomic E-state index is 0.0704. The highest BCUT2D eigenvalue weighted by molar-refractivity contribution is 5.96. The predicted molar refractivity (Wildman–Crippen MR) is 51.0 cm³/mol. The van der Waals surface area contributed by atoms with E-state index in [2.05, 4.69) is 0 Å². The molecule has 1 aliphatic rings. The average Bonchev–Trinajstić information content (AvgIpc) is 2.71. The summed E-state index contributed by atoms with van der Waals surface area (Å²) in [5, 5.41) is 0. The van der Waals surface area contributed by atoms with Crippen molar-refractivity contribution in [2.24, 2.45) is 0 Å². The molecule has 3 nitrogen and oxygen atoms in total. The third-order valence-electron chi connectivity index (χ3n) is 2.22. The van der Waals surface area contributed by atoms with Gasteiger partial charge in [-0.25, -0.2) is 4.39 Å². The summed E-state index contributed by atoms with van der Waals surface area (Å²) in [6.07, 6.45) is -0.446. The topological polar surface area (TPSA) is 35.5 Å². The highest BCUT2D eigenvalue weighted by Crippen LogP contribution is 2.14. The van der Waals surface area contributed by atoms with Crippen molar-refractivity contribution in [2.75, 3.05) is 13.2 Å². The molecule has 15 heavy (non-hydrogen) atoms. The van der Waals surface area contributed by atoms with Gasteiger partial charge in [0.1, 0.15) is 5.82 Å². The molecule has 1 heterocycles. The fraction of sp³-hybridized carbons (Fsp3) is 0.364. The fourth-order valence-electron chi connectivity index (χ4n) is 1.47. The molecule has 0 atom stereocenters. The van der Waals surface area contributed by atoms with E-state index in [1.807, 2.05) is 0 Å². The number of carbonyl (C=O) groups excluding carboxylic acids is 1.